The van der Waals surface area contributed by atoms with Gasteiger partial charge in [0.25, 0.3) is 0 Å². The molecule has 0 spiro atoms. The Morgan fingerprint density at radius 2 is 2.50 bits per heavy atom. The molecule has 2 unspecified atom stereocenters. The fraction of sp³-hybridized carbons (Fsp3) is 0.750. The van der Waals surface area contributed by atoms with Crippen LogP contribution in [0.4, 0.5) is 0 Å². The first kappa shape index (κ1) is 11.6. The molecule has 0 bridgehead atoms. The van der Waals surface area contributed by atoms with Gasteiger partial charge in [0.15, 0.2) is 0 Å². The van der Waals surface area contributed by atoms with Crippen LogP contribution in [0.1, 0.15) is 25.5 Å². The molecule has 4 heteroatoms. The second kappa shape index (κ2) is 4.55. The Labute approximate surface area is 97.0 Å². The average molecular weight is 223 g/mol. The van der Waals surface area contributed by atoms with Crippen molar-refractivity contribution in [1.29, 1.82) is 0 Å². The molecule has 0 amide bonds. The number of nitrogens with one attached hydrogen (secondary N) is 1. The number of hydrogen-bond acceptors (Lipinski definition) is 3. The van der Waals surface area contributed by atoms with E-state index in [1.807, 2.05) is 25.0 Å². The number of aryl methyl sites for hydroxylation is 1. The van der Waals surface area contributed by atoms with E-state index in [4.69, 9.17) is 4.74 Å². The highest BCUT2D eigenvalue weighted by Crippen LogP contribution is 2.29. The van der Waals surface area contributed by atoms with Crippen molar-refractivity contribution in [1.82, 2.24) is 15.1 Å². The van der Waals surface area contributed by atoms with E-state index in [2.05, 4.69) is 23.4 Å². The molecule has 90 valence electrons. The van der Waals surface area contributed by atoms with Crippen LogP contribution in [-0.4, -0.2) is 35.1 Å². The Bertz CT molecular complexity index is 342. The van der Waals surface area contributed by atoms with Crippen LogP contribution in [-0.2, 0) is 18.2 Å². The van der Waals surface area contributed by atoms with Crippen molar-refractivity contribution in [2.45, 2.75) is 37.8 Å². The van der Waals surface area contributed by atoms with Gasteiger partial charge in [-0.05, 0) is 32.9 Å². The molecule has 2 heterocycles. The monoisotopic (exact) mass is 223 g/mol. The third-order valence-corrected chi connectivity index (χ3v) is 3.52. The van der Waals surface area contributed by atoms with E-state index in [0.29, 0.717) is 6.04 Å². The molecule has 16 heavy (non-hydrogen) atoms. The molecule has 0 aromatic carbocycles. The van der Waals surface area contributed by atoms with E-state index < -0.39 is 0 Å². The summed E-state index contributed by atoms with van der Waals surface area (Å²) >= 11 is 0. The van der Waals surface area contributed by atoms with Crippen LogP contribution in [0, 0.1) is 0 Å². The van der Waals surface area contributed by atoms with Crippen LogP contribution < -0.4 is 5.32 Å². The summed E-state index contributed by atoms with van der Waals surface area (Å²) in [5, 5.41) is 7.79. The molecule has 1 aromatic rings. The van der Waals surface area contributed by atoms with Crippen molar-refractivity contribution in [3.8, 4) is 0 Å². The second-order valence-corrected chi connectivity index (χ2v) is 4.79. The minimum Gasteiger partial charge on any atom is -0.374 e. The quantitative estimate of drug-likeness (QED) is 0.831. The lowest BCUT2D eigenvalue weighted by Gasteiger charge is -2.32. The Hall–Kier alpha value is -0.870. The van der Waals surface area contributed by atoms with Crippen molar-refractivity contribution >= 4 is 0 Å². The Balaban J connectivity index is 2.05. The first-order chi connectivity index (χ1) is 7.64. The first-order valence-corrected chi connectivity index (χ1v) is 5.94. The molecular weight excluding hydrogens is 202 g/mol. The number of ether oxygens (including phenoxy) is 1. The van der Waals surface area contributed by atoms with Gasteiger partial charge in [-0.15, -0.1) is 0 Å². The molecular formula is C12H21N3O. The molecule has 2 rings (SSSR count). The maximum atomic E-state index is 5.88. The molecule has 0 saturated carbocycles. The van der Waals surface area contributed by atoms with Gasteiger partial charge in [0.2, 0.25) is 0 Å². The summed E-state index contributed by atoms with van der Waals surface area (Å²) in [4.78, 5) is 0. The largest absolute Gasteiger partial charge is 0.374 e. The zero-order chi connectivity index (χ0) is 11.6. The topological polar surface area (TPSA) is 39.1 Å². The number of rotatable bonds is 4. The molecule has 1 aromatic heterocycles. The predicted molar refractivity (Wildman–Crippen MR) is 63.4 cm³/mol. The van der Waals surface area contributed by atoms with E-state index in [-0.39, 0.29) is 5.60 Å². The molecule has 1 aliphatic heterocycles. The van der Waals surface area contributed by atoms with Crippen molar-refractivity contribution in [3.05, 3.63) is 18.0 Å². The molecule has 1 fully saturated rings. The van der Waals surface area contributed by atoms with Crippen LogP contribution in [0.2, 0.25) is 0 Å². The van der Waals surface area contributed by atoms with Crippen molar-refractivity contribution in [2.24, 2.45) is 7.05 Å². The Kier molecular flexibility index (Phi) is 3.30. The lowest BCUT2D eigenvalue weighted by atomic mass is 9.90. The second-order valence-electron chi connectivity index (χ2n) is 4.79. The third kappa shape index (κ3) is 2.28. The van der Waals surface area contributed by atoms with Gasteiger partial charge in [-0.2, -0.15) is 5.10 Å². The first-order valence-electron chi connectivity index (χ1n) is 5.94. The van der Waals surface area contributed by atoms with Gasteiger partial charge in [-0.1, -0.05) is 0 Å². The lowest BCUT2D eigenvalue weighted by Crippen LogP contribution is -2.48. The van der Waals surface area contributed by atoms with E-state index in [0.717, 1.165) is 31.6 Å². The zero-order valence-electron chi connectivity index (χ0n) is 10.4. The lowest BCUT2D eigenvalue weighted by molar-refractivity contribution is -0.00969. The molecule has 2 atom stereocenters. The number of nitrogens with zero attached hydrogens (tertiary/aromatic N) is 2. The van der Waals surface area contributed by atoms with Gasteiger partial charge in [0.05, 0.1) is 11.3 Å². The minimum atomic E-state index is -0.0354. The van der Waals surface area contributed by atoms with Gasteiger partial charge in [0.1, 0.15) is 0 Å². The van der Waals surface area contributed by atoms with Crippen LogP contribution in [0.3, 0.4) is 0 Å². The summed E-state index contributed by atoms with van der Waals surface area (Å²) in [5.41, 5.74) is 1.09. The standard InChI is InChI=1S/C12H21N3O/c1-12(6-4-8-16-12)11(13-2)9-10-5-7-15(3)14-10/h5,7,11,13H,4,6,8-9H2,1-3H3. The SMILES string of the molecule is CNC(Cc1ccn(C)n1)C1(C)CCCO1. The predicted octanol–water partition coefficient (Wildman–Crippen LogP) is 1.12. The van der Waals surface area contributed by atoms with Gasteiger partial charge in [-0.25, -0.2) is 0 Å². The van der Waals surface area contributed by atoms with E-state index in [9.17, 15) is 0 Å². The van der Waals surface area contributed by atoms with Crippen molar-refractivity contribution in [2.75, 3.05) is 13.7 Å². The third-order valence-electron chi connectivity index (χ3n) is 3.52. The summed E-state index contributed by atoms with van der Waals surface area (Å²) in [5.74, 6) is 0. The van der Waals surface area contributed by atoms with Crippen molar-refractivity contribution in [3.63, 3.8) is 0 Å². The molecule has 0 radical (unpaired) electrons. The van der Waals surface area contributed by atoms with Crippen LogP contribution in [0.5, 0.6) is 0 Å². The van der Waals surface area contributed by atoms with Crippen LogP contribution in [0.15, 0.2) is 12.3 Å². The molecule has 0 aliphatic carbocycles. The highest BCUT2D eigenvalue weighted by molar-refractivity contribution is 5.05. The van der Waals surface area contributed by atoms with Gasteiger partial charge < -0.3 is 10.1 Å². The summed E-state index contributed by atoms with van der Waals surface area (Å²) in [6, 6.07) is 2.41. The summed E-state index contributed by atoms with van der Waals surface area (Å²) in [6.45, 7) is 3.08. The highest BCUT2D eigenvalue weighted by atomic mass is 16.5. The Morgan fingerprint density at radius 3 is 3.00 bits per heavy atom. The summed E-state index contributed by atoms with van der Waals surface area (Å²) in [7, 11) is 3.95. The number of aromatic nitrogens is 2. The highest BCUT2D eigenvalue weighted by Gasteiger charge is 2.37. The van der Waals surface area contributed by atoms with E-state index in [1.165, 1.54) is 0 Å². The maximum absolute atomic E-state index is 5.88. The van der Waals surface area contributed by atoms with E-state index in [1.54, 1.807) is 0 Å². The normalized spacial score (nSPS) is 27.2. The average Bonchev–Trinajstić information content (AvgIpc) is 2.85. The summed E-state index contributed by atoms with van der Waals surface area (Å²) in [6.07, 6.45) is 5.20. The zero-order valence-corrected chi connectivity index (χ0v) is 10.4. The van der Waals surface area contributed by atoms with Gasteiger partial charge in [0, 0.05) is 32.3 Å². The fourth-order valence-electron chi connectivity index (χ4n) is 2.48. The molecule has 1 aliphatic rings. The van der Waals surface area contributed by atoms with Crippen LogP contribution in [0.25, 0.3) is 0 Å². The molecule has 4 nitrogen and oxygen atoms in total. The smallest absolute Gasteiger partial charge is 0.0811 e. The van der Waals surface area contributed by atoms with E-state index >= 15 is 0 Å². The molecule has 1 saturated heterocycles. The van der Waals surface area contributed by atoms with Gasteiger partial charge in [-0.3, -0.25) is 4.68 Å². The van der Waals surface area contributed by atoms with Gasteiger partial charge >= 0.3 is 0 Å². The Morgan fingerprint density at radius 1 is 1.69 bits per heavy atom. The number of likely N-dealkylation sites (N-methyl/N-ethyl adjacent to an activating group) is 1. The van der Waals surface area contributed by atoms with Crippen molar-refractivity contribution < 1.29 is 4.74 Å². The minimum absolute atomic E-state index is 0.0354. The molecule has 1 N–H and O–H groups in total. The number of hydrogen-bond donors (Lipinski definition) is 1. The fourth-order valence-corrected chi connectivity index (χ4v) is 2.48. The summed E-state index contributed by atoms with van der Waals surface area (Å²) < 4.78 is 7.72. The van der Waals surface area contributed by atoms with Crippen LogP contribution >= 0.6 is 0 Å². The maximum Gasteiger partial charge on any atom is 0.0811 e.